The molecule has 1 fully saturated rings. The Bertz CT molecular complexity index is 1820. The molecule has 1 aliphatic heterocycles. The molecule has 0 amide bonds. The number of Topliss-reactive ketones (excluding diaryl/α,β-unsaturated/α-hetero) is 1. The van der Waals surface area contributed by atoms with Gasteiger partial charge in [-0.05, 0) is 47.0 Å². The standard InChI is InChI=1S/C37H35N3O7/c1-44-28-17-13-26(14-18-28)37(25-11-7-4-8-12-25,27-15-19-29(45-2)20-16-27)47-35(33(42)24-9-5-3-6-10-24)34-30(41)23-32(46-34)40-22-21-31(38)39-36(40)43/h3-22,30,32,34-35,41H,23H2,1-2H3,(H2,38,39,43)/t30-,32+,34-,35?/m0/s1. The van der Waals surface area contributed by atoms with E-state index in [-0.39, 0.29) is 12.2 Å². The third-order valence-corrected chi connectivity index (χ3v) is 8.39. The van der Waals surface area contributed by atoms with Gasteiger partial charge in [0.25, 0.3) is 0 Å². The minimum Gasteiger partial charge on any atom is -0.497 e. The SMILES string of the molecule is COc1ccc(C(OC(C(=O)c2ccccc2)[C@H]2O[C@@H](n3ccc(N)nc3=O)C[C@@H]2O)(c2ccccc2)c2ccc(OC)cc2)cc1. The van der Waals surface area contributed by atoms with Crippen LogP contribution in [-0.4, -0.2) is 53.0 Å². The third-order valence-electron chi connectivity index (χ3n) is 8.39. The predicted molar refractivity (Wildman–Crippen MR) is 175 cm³/mol. The van der Waals surface area contributed by atoms with E-state index < -0.39 is 41.6 Å². The molecule has 0 bridgehead atoms. The van der Waals surface area contributed by atoms with Crippen molar-refractivity contribution in [1.29, 1.82) is 0 Å². The normalized spacial score (nSPS) is 18.4. The minimum absolute atomic E-state index is 0.0154. The summed E-state index contributed by atoms with van der Waals surface area (Å²) in [6, 6.07) is 34.6. The fourth-order valence-electron chi connectivity index (χ4n) is 6.02. The van der Waals surface area contributed by atoms with Gasteiger partial charge < -0.3 is 29.8 Å². The molecule has 5 aromatic rings. The Labute approximate surface area is 271 Å². The highest BCUT2D eigenvalue weighted by atomic mass is 16.6. The molecule has 1 unspecified atom stereocenters. The minimum atomic E-state index is -1.39. The summed E-state index contributed by atoms with van der Waals surface area (Å²) in [6.07, 6.45) is -3.14. The largest absolute Gasteiger partial charge is 0.497 e. The molecule has 47 heavy (non-hydrogen) atoms. The molecule has 240 valence electrons. The van der Waals surface area contributed by atoms with E-state index in [1.165, 1.54) is 16.8 Å². The number of nitrogens with two attached hydrogens (primary N) is 1. The predicted octanol–water partition coefficient (Wildman–Crippen LogP) is 4.75. The highest BCUT2D eigenvalue weighted by Crippen LogP contribution is 2.45. The van der Waals surface area contributed by atoms with Crippen LogP contribution in [0.5, 0.6) is 11.5 Å². The number of nitrogen functional groups attached to an aromatic ring is 1. The Morgan fingerprint density at radius 2 is 1.38 bits per heavy atom. The van der Waals surface area contributed by atoms with Crippen molar-refractivity contribution in [3.05, 3.63) is 154 Å². The molecule has 1 aromatic heterocycles. The average molecular weight is 634 g/mol. The molecule has 2 heterocycles. The van der Waals surface area contributed by atoms with Gasteiger partial charge in [-0.2, -0.15) is 4.98 Å². The van der Waals surface area contributed by atoms with Gasteiger partial charge in [0.05, 0.1) is 20.3 Å². The number of aliphatic hydroxyl groups is 1. The first-order valence-corrected chi connectivity index (χ1v) is 15.1. The Balaban J connectivity index is 1.54. The molecule has 0 saturated carbocycles. The van der Waals surface area contributed by atoms with Crippen LogP contribution in [0.3, 0.4) is 0 Å². The molecular formula is C37H35N3O7. The summed E-state index contributed by atoms with van der Waals surface area (Å²) >= 11 is 0. The van der Waals surface area contributed by atoms with Gasteiger partial charge in [-0.3, -0.25) is 9.36 Å². The van der Waals surface area contributed by atoms with Crippen molar-refractivity contribution < 1.29 is 28.8 Å². The molecular weight excluding hydrogens is 598 g/mol. The van der Waals surface area contributed by atoms with E-state index >= 15 is 0 Å². The molecule has 10 nitrogen and oxygen atoms in total. The first-order chi connectivity index (χ1) is 22.8. The Kier molecular flexibility index (Phi) is 9.17. The van der Waals surface area contributed by atoms with Crippen molar-refractivity contribution in [2.24, 2.45) is 0 Å². The molecule has 1 saturated heterocycles. The molecule has 4 aromatic carbocycles. The molecule has 6 rings (SSSR count). The van der Waals surface area contributed by atoms with Gasteiger partial charge in [0, 0.05) is 18.2 Å². The van der Waals surface area contributed by atoms with E-state index in [4.69, 9.17) is 24.7 Å². The van der Waals surface area contributed by atoms with E-state index in [1.807, 2.05) is 84.9 Å². The van der Waals surface area contributed by atoms with Gasteiger partial charge in [-0.25, -0.2) is 4.79 Å². The fraction of sp³-hybridized carbons (Fsp3) is 0.216. The summed E-state index contributed by atoms with van der Waals surface area (Å²) in [6.45, 7) is 0. The fourth-order valence-corrected chi connectivity index (χ4v) is 6.02. The number of hydrogen-bond donors (Lipinski definition) is 2. The van der Waals surface area contributed by atoms with Crippen LogP contribution in [0.25, 0.3) is 0 Å². The van der Waals surface area contributed by atoms with Gasteiger partial charge in [-0.15, -0.1) is 0 Å². The Hall–Kier alpha value is -5.29. The molecule has 0 aliphatic carbocycles. The number of carbonyl (C=O) groups is 1. The average Bonchev–Trinajstić information content (AvgIpc) is 3.50. The van der Waals surface area contributed by atoms with E-state index in [1.54, 1.807) is 38.5 Å². The van der Waals surface area contributed by atoms with Crippen LogP contribution in [0.1, 0.15) is 39.7 Å². The molecule has 10 heteroatoms. The van der Waals surface area contributed by atoms with Crippen LogP contribution in [0.2, 0.25) is 0 Å². The number of methoxy groups -OCH3 is 2. The molecule has 0 radical (unpaired) electrons. The summed E-state index contributed by atoms with van der Waals surface area (Å²) in [5.74, 6) is 0.943. The van der Waals surface area contributed by atoms with Crippen LogP contribution in [0, 0.1) is 0 Å². The van der Waals surface area contributed by atoms with Crippen molar-refractivity contribution in [2.75, 3.05) is 20.0 Å². The maximum atomic E-state index is 14.6. The lowest BCUT2D eigenvalue weighted by Gasteiger charge is -2.40. The van der Waals surface area contributed by atoms with Gasteiger partial charge >= 0.3 is 5.69 Å². The number of benzene rings is 4. The second kappa shape index (κ2) is 13.6. The van der Waals surface area contributed by atoms with E-state index in [0.717, 1.165) is 5.56 Å². The van der Waals surface area contributed by atoms with Crippen LogP contribution in [0.4, 0.5) is 5.82 Å². The lowest BCUT2D eigenvalue weighted by atomic mass is 9.79. The lowest BCUT2D eigenvalue weighted by Crippen LogP contribution is -2.48. The first kappa shape index (κ1) is 31.7. The first-order valence-electron chi connectivity index (χ1n) is 15.1. The number of ketones is 1. The number of ether oxygens (including phenoxy) is 4. The van der Waals surface area contributed by atoms with E-state index in [0.29, 0.717) is 28.2 Å². The Morgan fingerprint density at radius 1 is 0.851 bits per heavy atom. The van der Waals surface area contributed by atoms with Crippen molar-refractivity contribution in [3.63, 3.8) is 0 Å². The summed E-state index contributed by atoms with van der Waals surface area (Å²) in [4.78, 5) is 31.1. The Morgan fingerprint density at radius 3 is 1.91 bits per heavy atom. The number of nitrogens with zero attached hydrogens (tertiary/aromatic N) is 2. The monoisotopic (exact) mass is 633 g/mol. The summed E-state index contributed by atoms with van der Waals surface area (Å²) in [5.41, 5.74) is 6.17. The molecule has 0 spiro atoms. The van der Waals surface area contributed by atoms with Gasteiger partial charge in [0.1, 0.15) is 35.2 Å². The number of anilines is 1. The van der Waals surface area contributed by atoms with Crippen LogP contribution in [-0.2, 0) is 15.1 Å². The zero-order valence-corrected chi connectivity index (χ0v) is 25.9. The second-order valence-electron chi connectivity index (χ2n) is 11.2. The van der Waals surface area contributed by atoms with Crippen molar-refractivity contribution >= 4 is 11.6 Å². The number of rotatable bonds is 11. The summed E-state index contributed by atoms with van der Waals surface area (Å²) in [5, 5.41) is 11.5. The number of carbonyl (C=O) groups excluding carboxylic acids is 1. The smallest absolute Gasteiger partial charge is 0.351 e. The zero-order valence-electron chi connectivity index (χ0n) is 25.9. The van der Waals surface area contributed by atoms with Crippen molar-refractivity contribution in [1.82, 2.24) is 9.55 Å². The van der Waals surface area contributed by atoms with E-state index in [2.05, 4.69) is 4.98 Å². The summed E-state index contributed by atoms with van der Waals surface area (Å²) in [7, 11) is 3.18. The van der Waals surface area contributed by atoms with Gasteiger partial charge in [0.2, 0.25) is 0 Å². The molecule has 4 atom stereocenters. The maximum Gasteiger partial charge on any atom is 0.351 e. The van der Waals surface area contributed by atoms with Crippen molar-refractivity contribution in [2.45, 2.75) is 36.6 Å². The number of hydrogen-bond acceptors (Lipinski definition) is 9. The van der Waals surface area contributed by atoms with E-state index in [9.17, 15) is 14.7 Å². The van der Waals surface area contributed by atoms with Crippen molar-refractivity contribution in [3.8, 4) is 11.5 Å². The second-order valence-corrected chi connectivity index (χ2v) is 11.2. The third kappa shape index (κ3) is 6.26. The highest BCUT2D eigenvalue weighted by Gasteiger charge is 2.49. The highest BCUT2D eigenvalue weighted by molar-refractivity contribution is 6.00. The van der Waals surface area contributed by atoms with Gasteiger partial charge in [0.15, 0.2) is 11.9 Å². The van der Waals surface area contributed by atoms with Crippen LogP contribution in [0.15, 0.2) is 126 Å². The number of aromatic nitrogens is 2. The van der Waals surface area contributed by atoms with Crippen LogP contribution < -0.4 is 20.9 Å². The molecule has 3 N–H and O–H groups in total. The number of aliphatic hydroxyl groups excluding tert-OH is 1. The zero-order chi connectivity index (χ0) is 33.0. The summed E-state index contributed by atoms with van der Waals surface area (Å²) < 4.78 is 25.7. The topological polar surface area (TPSA) is 135 Å². The van der Waals surface area contributed by atoms with Crippen LogP contribution >= 0.6 is 0 Å². The maximum absolute atomic E-state index is 14.6. The quantitative estimate of drug-likeness (QED) is 0.156. The lowest BCUT2D eigenvalue weighted by molar-refractivity contribution is -0.127. The van der Waals surface area contributed by atoms with Gasteiger partial charge in [-0.1, -0.05) is 84.9 Å². The molecule has 1 aliphatic rings.